The van der Waals surface area contributed by atoms with Crippen molar-refractivity contribution in [3.05, 3.63) is 65.9 Å². The molecule has 1 heterocycles. The number of carbonyl (C=O) groups excluding carboxylic acids is 1. The monoisotopic (exact) mass is 497 g/mol. The molecule has 0 radical (unpaired) electrons. The summed E-state index contributed by atoms with van der Waals surface area (Å²) in [6.45, 7) is 0. The van der Waals surface area contributed by atoms with E-state index in [-0.39, 0.29) is 33.2 Å². The van der Waals surface area contributed by atoms with Crippen LogP contribution in [0.15, 0.2) is 59.5 Å². The van der Waals surface area contributed by atoms with Crippen LogP contribution in [0.25, 0.3) is 10.9 Å². The van der Waals surface area contributed by atoms with Crippen LogP contribution < -0.4 is 24.7 Å². The predicted octanol–water partition coefficient (Wildman–Crippen LogP) is 3.12. The van der Waals surface area contributed by atoms with E-state index in [0.29, 0.717) is 22.6 Å². The van der Waals surface area contributed by atoms with Gasteiger partial charge in [-0.15, -0.1) is 0 Å². The molecule has 0 fully saturated rings. The van der Waals surface area contributed by atoms with Crippen LogP contribution in [-0.4, -0.2) is 51.8 Å². The fraction of sp³-hybridized carbons (Fsp3) is 0.167. The third-order valence-corrected chi connectivity index (χ3v) is 7.01. The SMILES string of the molecule is COc1ccc2c(C(=O)c3cc(OC)c(OC)c(OC)c3)nn(S(=O)(=O)c3ccc(N)cc3)c2c1. The summed E-state index contributed by atoms with van der Waals surface area (Å²) in [5.74, 6) is 0.728. The van der Waals surface area contributed by atoms with Gasteiger partial charge in [-0.25, -0.2) is 0 Å². The summed E-state index contributed by atoms with van der Waals surface area (Å²) in [5, 5.41) is 4.57. The highest BCUT2D eigenvalue weighted by Gasteiger charge is 2.28. The van der Waals surface area contributed by atoms with E-state index in [2.05, 4.69) is 5.10 Å². The Labute approximate surface area is 201 Å². The van der Waals surface area contributed by atoms with Crippen molar-refractivity contribution in [3.63, 3.8) is 0 Å². The minimum atomic E-state index is -4.17. The van der Waals surface area contributed by atoms with Crippen molar-refractivity contribution < 1.29 is 32.2 Å². The van der Waals surface area contributed by atoms with Crippen LogP contribution in [0.2, 0.25) is 0 Å². The number of nitrogens with two attached hydrogens (primary N) is 1. The molecule has 0 aliphatic rings. The average Bonchev–Trinajstić information content (AvgIpc) is 3.27. The van der Waals surface area contributed by atoms with E-state index in [1.54, 1.807) is 12.1 Å². The normalized spacial score (nSPS) is 11.3. The Morgan fingerprint density at radius 3 is 2.03 bits per heavy atom. The lowest BCUT2D eigenvalue weighted by Crippen LogP contribution is -2.15. The molecular weight excluding hydrogens is 474 g/mol. The molecule has 11 heteroatoms. The summed E-state index contributed by atoms with van der Waals surface area (Å²) in [6.07, 6.45) is 0. The summed E-state index contributed by atoms with van der Waals surface area (Å²) in [5.41, 5.74) is 6.39. The Morgan fingerprint density at radius 1 is 0.857 bits per heavy atom. The van der Waals surface area contributed by atoms with Gasteiger partial charge in [0.2, 0.25) is 11.5 Å². The molecule has 10 nitrogen and oxygen atoms in total. The quantitative estimate of drug-likeness (QED) is 0.288. The molecule has 3 aromatic carbocycles. The topological polar surface area (TPSA) is 132 Å². The highest BCUT2D eigenvalue weighted by Crippen LogP contribution is 2.39. The molecule has 0 bridgehead atoms. The zero-order chi connectivity index (χ0) is 25.3. The van der Waals surface area contributed by atoms with Crippen molar-refractivity contribution in [1.29, 1.82) is 0 Å². The fourth-order valence-electron chi connectivity index (χ4n) is 3.63. The van der Waals surface area contributed by atoms with Gasteiger partial charge in [0.05, 0.1) is 38.9 Å². The lowest BCUT2D eigenvalue weighted by molar-refractivity contribution is 0.103. The van der Waals surface area contributed by atoms with E-state index in [1.165, 1.54) is 70.9 Å². The van der Waals surface area contributed by atoms with E-state index in [4.69, 9.17) is 24.7 Å². The number of methoxy groups -OCH3 is 4. The summed E-state index contributed by atoms with van der Waals surface area (Å²) in [7, 11) is 1.61. The minimum Gasteiger partial charge on any atom is -0.497 e. The molecule has 0 unspecified atom stereocenters. The van der Waals surface area contributed by atoms with Crippen LogP contribution >= 0.6 is 0 Å². The molecule has 1 aromatic heterocycles. The maximum atomic E-state index is 13.6. The molecule has 0 aliphatic heterocycles. The lowest BCUT2D eigenvalue weighted by atomic mass is 10.0. The molecule has 2 N–H and O–H groups in total. The van der Waals surface area contributed by atoms with Gasteiger partial charge in [0.15, 0.2) is 11.5 Å². The highest BCUT2D eigenvalue weighted by atomic mass is 32.2. The van der Waals surface area contributed by atoms with Crippen LogP contribution in [0.4, 0.5) is 5.69 Å². The van der Waals surface area contributed by atoms with Gasteiger partial charge in [-0.2, -0.15) is 17.6 Å². The Kier molecular flexibility index (Phi) is 6.27. The minimum absolute atomic E-state index is 0.0364. The number of carbonyl (C=O) groups is 1. The number of rotatable bonds is 8. The molecule has 182 valence electrons. The predicted molar refractivity (Wildman–Crippen MR) is 129 cm³/mol. The lowest BCUT2D eigenvalue weighted by Gasteiger charge is -2.13. The van der Waals surface area contributed by atoms with Crippen LogP contribution in [0, 0.1) is 0 Å². The maximum Gasteiger partial charge on any atom is 0.283 e. The zero-order valence-electron chi connectivity index (χ0n) is 19.4. The molecule has 0 spiro atoms. The fourth-order valence-corrected chi connectivity index (χ4v) is 4.91. The average molecular weight is 498 g/mol. The van der Waals surface area contributed by atoms with Gasteiger partial charge in [0.1, 0.15) is 11.4 Å². The van der Waals surface area contributed by atoms with E-state index >= 15 is 0 Å². The van der Waals surface area contributed by atoms with Crippen molar-refractivity contribution in [3.8, 4) is 23.0 Å². The zero-order valence-corrected chi connectivity index (χ0v) is 20.3. The van der Waals surface area contributed by atoms with Crippen LogP contribution in [0.3, 0.4) is 0 Å². The number of aromatic nitrogens is 2. The highest BCUT2D eigenvalue weighted by molar-refractivity contribution is 7.90. The Hall–Kier alpha value is -4.25. The molecule has 0 saturated carbocycles. The van der Waals surface area contributed by atoms with Crippen LogP contribution in [0.1, 0.15) is 16.1 Å². The number of nitrogen functional groups attached to an aromatic ring is 1. The number of hydrogen-bond donors (Lipinski definition) is 1. The smallest absolute Gasteiger partial charge is 0.283 e. The van der Waals surface area contributed by atoms with Gasteiger partial charge in [0.25, 0.3) is 10.0 Å². The second-order valence-corrected chi connectivity index (χ2v) is 9.16. The third-order valence-electron chi connectivity index (χ3n) is 5.40. The summed E-state index contributed by atoms with van der Waals surface area (Å²) < 4.78 is 49.0. The van der Waals surface area contributed by atoms with Crippen molar-refractivity contribution in [2.75, 3.05) is 34.2 Å². The standard InChI is InChI=1S/C24H23N3O7S/c1-31-16-7-10-18-19(13-16)27(35(29,30)17-8-5-15(25)6-9-17)26-22(18)23(28)14-11-20(32-2)24(34-4)21(12-14)33-3/h5-13H,25H2,1-4H3. The van der Waals surface area contributed by atoms with Crippen molar-refractivity contribution in [1.82, 2.24) is 9.19 Å². The van der Waals surface area contributed by atoms with Crippen LogP contribution in [0.5, 0.6) is 23.0 Å². The molecule has 0 aliphatic carbocycles. The number of fused-ring (bicyclic) bond motifs is 1. The molecule has 0 amide bonds. The second kappa shape index (κ2) is 9.18. The molecule has 4 rings (SSSR count). The van der Waals surface area contributed by atoms with E-state index < -0.39 is 15.8 Å². The van der Waals surface area contributed by atoms with E-state index in [0.717, 1.165) is 4.09 Å². The Morgan fingerprint density at radius 2 is 1.49 bits per heavy atom. The van der Waals surface area contributed by atoms with Gasteiger partial charge < -0.3 is 24.7 Å². The first-order valence-corrected chi connectivity index (χ1v) is 11.7. The Balaban J connectivity index is 1.95. The number of hydrogen-bond acceptors (Lipinski definition) is 9. The first-order valence-electron chi connectivity index (χ1n) is 10.3. The second-order valence-electron chi connectivity index (χ2n) is 7.39. The van der Waals surface area contributed by atoms with Gasteiger partial charge in [-0.1, -0.05) is 0 Å². The van der Waals surface area contributed by atoms with Crippen molar-refractivity contribution >= 4 is 32.4 Å². The van der Waals surface area contributed by atoms with Gasteiger partial charge in [0, 0.05) is 22.7 Å². The first-order chi connectivity index (χ1) is 16.7. The van der Waals surface area contributed by atoms with Gasteiger partial charge in [-0.3, -0.25) is 4.79 Å². The maximum absolute atomic E-state index is 13.6. The van der Waals surface area contributed by atoms with E-state index in [1.807, 2.05) is 0 Å². The number of ether oxygens (including phenoxy) is 4. The number of anilines is 1. The van der Waals surface area contributed by atoms with Gasteiger partial charge >= 0.3 is 0 Å². The van der Waals surface area contributed by atoms with Gasteiger partial charge in [-0.05, 0) is 48.5 Å². The first kappa shape index (κ1) is 23.9. The number of benzene rings is 3. The molecule has 0 atom stereocenters. The number of nitrogens with zero attached hydrogens (tertiary/aromatic N) is 2. The molecule has 0 saturated heterocycles. The van der Waals surface area contributed by atoms with Crippen LogP contribution in [-0.2, 0) is 10.0 Å². The van der Waals surface area contributed by atoms with Crippen molar-refractivity contribution in [2.24, 2.45) is 0 Å². The summed E-state index contributed by atoms with van der Waals surface area (Å²) in [4.78, 5) is 13.6. The third kappa shape index (κ3) is 4.10. The summed E-state index contributed by atoms with van der Waals surface area (Å²) >= 11 is 0. The summed E-state index contributed by atoms with van der Waals surface area (Å²) in [6, 6.07) is 13.4. The number of ketones is 1. The Bertz CT molecular complexity index is 1500. The molecule has 35 heavy (non-hydrogen) atoms. The van der Waals surface area contributed by atoms with E-state index in [9.17, 15) is 13.2 Å². The largest absolute Gasteiger partial charge is 0.497 e. The molecular formula is C24H23N3O7S. The van der Waals surface area contributed by atoms with Crippen molar-refractivity contribution in [2.45, 2.75) is 4.90 Å². The molecule has 4 aromatic rings.